The standard InChI is InChI=1S/C25H30N4O3S/c1-32-19-8-6-18(7-9-19)28-13-10-17(11-14-28)27-22(30)12-15-29-16-26-24-23(25(29)31)20-4-2-3-5-21(20)33-24/h6-9,16-17H,2-5,10-15H2,1H3,(H,27,30). The lowest BCUT2D eigenvalue weighted by Crippen LogP contribution is -2.45. The van der Waals surface area contributed by atoms with Gasteiger partial charge in [0.05, 0.1) is 18.8 Å². The zero-order valence-corrected chi connectivity index (χ0v) is 19.8. The first-order chi connectivity index (χ1) is 16.1. The van der Waals surface area contributed by atoms with Gasteiger partial charge in [0.1, 0.15) is 10.6 Å². The molecular formula is C25H30N4O3S. The molecule has 0 unspecified atom stereocenters. The number of fused-ring (bicyclic) bond motifs is 3. The van der Waals surface area contributed by atoms with Crippen LogP contribution in [0.25, 0.3) is 10.2 Å². The molecular weight excluding hydrogens is 436 g/mol. The summed E-state index contributed by atoms with van der Waals surface area (Å²) in [6.45, 7) is 2.17. The summed E-state index contributed by atoms with van der Waals surface area (Å²) in [5.41, 5.74) is 2.37. The first-order valence-electron chi connectivity index (χ1n) is 11.8. The van der Waals surface area contributed by atoms with E-state index < -0.39 is 0 Å². The van der Waals surface area contributed by atoms with Gasteiger partial charge in [0.15, 0.2) is 0 Å². The molecule has 3 heterocycles. The lowest BCUT2D eigenvalue weighted by Gasteiger charge is -2.34. The molecule has 1 aliphatic heterocycles. The van der Waals surface area contributed by atoms with Gasteiger partial charge in [-0.05, 0) is 68.4 Å². The van der Waals surface area contributed by atoms with Crippen LogP contribution in [0.1, 0.15) is 42.5 Å². The normalized spacial score (nSPS) is 16.6. The molecule has 7 nitrogen and oxygen atoms in total. The monoisotopic (exact) mass is 466 g/mol. The average Bonchev–Trinajstić information content (AvgIpc) is 3.23. The fraction of sp³-hybridized carbons (Fsp3) is 0.480. The number of carbonyl (C=O) groups is 1. The number of amides is 1. The smallest absolute Gasteiger partial charge is 0.262 e. The van der Waals surface area contributed by atoms with Gasteiger partial charge < -0.3 is 15.0 Å². The molecule has 1 aromatic carbocycles. The van der Waals surface area contributed by atoms with Crippen LogP contribution in [-0.2, 0) is 24.2 Å². The van der Waals surface area contributed by atoms with E-state index in [1.54, 1.807) is 29.3 Å². The molecule has 5 rings (SSSR count). The second-order valence-corrected chi connectivity index (χ2v) is 9.99. The molecule has 1 N–H and O–H groups in total. The van der Waals surface area contributed by atoms with E-state index in [1.165, 1.54) is 22.5 Å². The van der Waals surface area contributed by atoms with Gasteiger partial charge in [-0.1, -0.05) is 0 Å². The van der Waals surface area contributed by atoms with Gasteiger partial charge in [-0.3, -0.25) is 14.2 Å². The van der Waals surface area contributed by atoms with Crippen LogP contribution in [0.5, 0.6) is 5.75 Å². The SMILES string of the molecule is COc1ccc(N2CCC(NC(=O)CCn3cnc4sc5c(c4c3=O)CCCC5)CC2)cc1. The Morgan fingerprint density at radius 3 is 2.70 bits per heavy atom. The minimum absolute atomic E-state index is 0.000000205. The number of methoxy groups -OCH3 is 1. The number of benzene rings is 1. The molecule has 1 aliphatic carbocycles. The fourth-order valence-electron chi connectivity index (χ4n) is 4.94. The van der Waals surface area contributed by atoms with Gasteiger partial charge in [-0.15, -0.1) is 11.3 Å². The summed E-state index contributed by atoms with van der Waals surface area (Å²) < 4.78 is 6.84. The van der Waals surface area contributed by atoms with Gasteiger partial charge in [-0.2, -0.15) is 0 Å². The molecule has 0 saturated carbocycles. The van der Waals surface area contributed by atoms with E-state index in [2.05, 4.69) is 27.3 Å². The second-order valence-electron chi connectivity index (χ2n) is 8.91. The molecule has 0 radical (unpaired) electrons. The number of anilines is 1. The van der Waals surface area contributed by atoms with Crippen LogP contribution < -0.4 is 20.5 Å². The molecule has 174 valence electrons. The van der Waals surface area contributed by atoms with Gasteiger partial charge >= 0.3 is 0 Å². The molecule has 1 amide bonds. The maximum atomic E-state index is 13.1. The molecule has 2 aromatic heterocycles. The van der Waals surface area contributed by atoms with E-state index in [0.717, 1.165) is 61.2 Å². The fourth-order valence-corrected chi connectivity index (χ4v) is 6.16. The number of piperidine rings is 1. The van der Waals surface area contributed by atoms with Crippen molar-refractivity contribution in [1.29, 1.82) is 0 Å². The average molecular weight is 467 g/mol. The molecule has 0 bridgehead atoms. The van der Waals surface area contributed by atoms with Crippen molar-refractivity contribution >= 4 is 33.1 Å². The maximum absolute atomic E-state index is 13.1. The van der Waals surface area contributed by atoms with Crippen molar-refractivity contribution in [2.24, 2.45) is 0 Å². The highest BCUT2D eigenvalue weighted by Crippen LogP contribution is 2.33. The highest BCUT2D eigenvalue weighted by molar-refractivity contribution is 7.18. The number of hydrogen-bond donors (Lipinski definition) is 1. The summed E-state index contributed by atoms with van der Waals surface area (Å²) in [6, 6.07) is 8.27. The van der Waals surface area contributed by atoms with Crippen molar-refractivity contribution in [2.45, 2.75) is 57.5 Å². The quantitative estimate of drug-likeness (QED) is 0.602. The Bertz CT molecular complexity index is 1190. The highest BCUT2D eigenvalue weighted by Gasteiger charge is 2.22. The molecule has 2 aliphatic rings. The summed E-state index contributed by atoms with van der Waals surface area (Å²) in [7, 11) is 1.67. The lowest BCUT2D eigenvalue weighted by molar-refractivity contribution is -0.122. The van der Waals surface area contributed by atoms with Crippen molar-refractivity contribution in [3.8, 4) is 5.75 Å². The summed E-state index contributed by atoms with van der Waals surface area (Å²) in [6.07, 6.45) is 8.05. The van der Waals surface area contributed by atoms with E-state index in [-0.39, 0.29) is 23.9 Å². The number of ether oxygens (including phenoxy) is 1. The third kappa shape index (κ3) is 4.62. The number of thiophene rings is 1. The van der Waals surface area contributed by atoms with Crippen LogP contribution in [-0.4, -0.2) is 41.7 Å². The predicted octanol–water partition coefficient (Wildman–Crippen LogP) is 3.52. The highest BCUT2D eigenvalue weighted by atomic mass is 32.1. The molecule has 33 heavy (non-hydrogen) atoms. The maximum Gasteiger partial charge on any atom is 0.262 e. The van der Waals surface area contributed by atoms with Crippen LogP contribution in [0.2, 0.25) is 0 Å². The number of nitrogens with zero attached hydrogens (tertiary/aromatic N) is 3. The Morgan fingerprint density at radius 2 is 1.94 bits per heavy atom. The van der Waals surface area contributed by atoms with Crippen molar-refractivity contribution in [1.82, 2.24) is 14.9 Å². The minimum Gasteiger partial charge on any atom is -0.497 e. The first-order valence-corrected chi connectivity index (χ1v) is 12.6. The lowest BCUT2D eigenvalue weighted by atomic mass is 9.97. The summed E-state index contributed by atoms with van der Waals surface area (Å²) in [5, 5.41) is 3.94. The number of aromatic nitrogens is 2. The van der Waals surface area contributed by atoms with E-state index >= 15 is 0 Å². The molecule has 0 atom stereocenters. The van der Waals surface area contributed by atoms with Crippen LogP contribution in [0.4, 0.5) is 5.69 Å². The van der Waals surface area contributed by atoms with Crippen molar-refractivity contribution in [3.63, 3.8) is 0 Å². The molecule has 1 saturated heterocycles. The Morgan fingerprint density at radius 1 is 1.18 bits per heavy atom. The third-order valence-electron chi connectivity index (χ3n) is 6.82. The van der Waals surface area contributed by atoms with Crippen molar-refractivity contribution < 1.29 is 9.53 Å². The predicted molar refractivity (Wildman–Crippen MR) is 132 cm³/mol. The Hall–Kier alpha value is -2.87. The molecule has 1 fully saturated rings. The summed E-state index contributed by atoms with van der Waals surface area (Å²) in [5.74, 6) is 0.852. The molecule has 0 spiro atoms. The zero-order chi connectivity index (χ0) is 22.8. The van der Waals surface area contributed by atoms with Crippen molar-refractivity contribution in [2.75, 3.05) is 25.1 Å². The largest absolute Gasteiger partial charge is 0.497 e. The Labute approximate surface area is 197 Å². The zero-order valence-electron chi connectivity index (χ0n) is 19.0. The first kappa shape index (κ1) is 21.9. The minimum atomic E-state index is -0.00255. The summed E-state index contributed by atoms with van der Waals surface area (Å²) >= 11 is 1.66. The van der Waals surface area contributed by atoms with Crippen molar-refractivity contribution in [3.05, 3.63) is 51.4 Å². The van der Waals surface area contributed by atoms with E-state index in [0.29, 0.717) is 6.54 Å². The number of hydrogen-bond acceptors (Lipinski definition) is 6. The summed E-state index contributed by atoms with van der Waals surface area (Å²) in [4.78, 5) is 34.7. The van der Waals surface area contributed by atoms with Crippen LogP contribution >= 0.6 is 11.3 Å². The number of aryl methyl sites for hydroxylation is 3. The topological polar surface area (TPSA) is 76.5 Å². The number of carbonyl (C=O) groups excluding carboxylic acids is 1. The number of nitrogens with one attached hydrogen (secondary N) is 1. The van der Waals surface area contributed by atoms with Gasteiger partial charge in [0.2, 0.25) is 5.91 Å². The van der Waals surface area contributed by atoms with Crippen LogP contribution in [0.3, 0.4) is 0 Å². The van der Waals surface area contributed by atoms with Gasteiger partial charge in [0.25, 0.3) is 5.56 Å². The van der Waals surface area contributed by atoms with E-state index in [9.17, 15) is 9.59 Å². The van der Waals surface area contributed by atoms with Gasteiger partial charge in [0, 0.05) is 42.7 Å². The van der Waals surface area contributed by atoms with E-state index in [4.69, 9.17) is 4.74 Å². The van der Waals surface area contributed by atoms with Gasteiger partial charge in [-0.25, -0.2) is 4.98 Å². The molecule has 3 aromatic rings. The van der Waals surface area contributed by atoms with Crippen LogP contribution in [0, 0.1) is 0 Å². The van der Waals surface area contributed by atoms with E-state index in [1.807, 2.05) is 12.1 Å². The third-order valence-corrected chi connectivity index (χ3v) is 8.02. The Kier molecular flexibility index (Phi) is 6.35. The second kappa shape index (κ2) is 9.55. The van der Waals surface area contributed by atoms with Crippen LogP contribution in [0.15, 0.2) is 35.4 Å². The number of rotatable bonds is 6. The Balaban J connectivity index is 1.15. The molecule has 8 heteroatoms.